The van der Waals surface area contributed by atoms with Crippen molar-refractivity contribution in [1.29, 1.82) is 5.41 Å². The summed E-state index contributed by atoms with van der Waals surface area (Å²) in [6.07, 6.45) is 7.74. The normalized spacial score (nSPS) is 22.9. The molecule has 0 saturated carbocycles. The van der Waals surface area contributed by atoms with Gasteiger partial charge in [0.2, 0.25) is 0 Å². The van der Waals surface area contributed by atoms with Gasteiger partial charge < -0.3 is 24.8 Å². The Kier molecular flexibility index (Phi) is 5.90. The molecule has 7 heteroatoms. The summed E-state index contributed by atoms with van der Waals surface area (Å²) in [4.78, 5) is 12.2. The van der Waals surface area contributed by atoms with E-state index in [0.29, 0.717) is 30.7 Å². The van der Waals surface area contributed by atoms with Gasteiger partial charge in [-0.05, 0) is 65.2 Å². The minimum Gasteiger partial charge on any atom is -0.463 e. The second-order valence-electron chi connectivity index (χ2n) is 7.07. The number of hydrogen-bond donors (Lipinski definition) is 2. The van der Waals surface area contributed by atoms with Gasteiger partial charge in [0.05, 0.1) is 23.4 Å². The van der Waals surface area contributed by atoms with Crippen LogP contribution in [0.3, 0.4) is 0 Å². The van der Waals surface area contributed by atoms with E-state index in [4.69, 9.17) is 19.5 Å². The van der Waals surface area contributed by atoms with Crippen molar-refractivity contribution in [3.63, 3.8) is 0 Å². The first-order valence-electron chi connectivity index (χ1n) is 8.61. The summed E-state index contributed by atoms with van der Waals surface area (Å²) in [5.74, 6) is -0.357. The smallest absolute Gasteiger partial charge is 0.463 e. The largest absolute Gasteiger partial charge is 0.496 e. The van der Waals surface area contributed by atoms with Crippen LogP contribution in [0.25, 0.3) is 0 Å². The van der Waals surface area contributed by atoms with Crippen LogP contribution >= 0.6 is 0 Å². The molecular formula is C18H27BN2O4. The monoisotopic (exact) mass is 346 g/mol. The fraction of sp³-hybridized carbons (Fsp3) is 0.556. The van der Waals surface area contributed by atoms with Crippen molar-refractivity contribution in [2.24, 2.45) is 0 Å². The molecule has 2 aliphatic heterocycles. The SMILES string of the molecule is CCOC(=O)/C(CCC=N)=C1\C=CC(B2OC(C)(C)C(C)(C)O2)=CN1. The first-order chi connectivity index (χ1) is 11.7. The van der Waals surface area contributed by atoms with E-state index in [1.807, 2.05) is 39.8 Å². The van der Waals surface area contributed by atoms with Crippen LogP contribution in [0.4, 0.5) is 0 Å². The van der Waals surface area contributed by atoms with Gasteiger partial charge in [-0.25, -0.2) is 4.79 Å². The quantitative estimate of drug-likeness (QED) is 0.335. The number of carbonyl (C=O) groups is 1. The zero-order valence-electron chi connectivity index (χ0n) is 15.6. The minimum atomic E-state index is -0.456. The van der Waals surface area contributed by atoms with E-state index in [1.165, 1.54) is 6.21 Å². The minimum absolute atomic E-state index is 0.318. The van der Waals surface area contributed by atoms with Gasteiger partial charge in [0.15, 0.2) is 0 Å². The summed E-state index contributed by atoms with van der Waals surface area (Å²) < 4.78 is 17.2. The molecule has 0 aromatic rings. The van der Waals surface area contributed by atoms with Crippen molar-refractivity contribution >= 4 is 19.3 Å². The van der Waals surface area contributed by atoms with Crippen LogP contribution in [0.15, 0.2) is 35.1 Å². The predicted octanol–water partition coefficient (Wildman–Crippen LogP) is 2.91. The third-order valence-electron chi connectivity index (χ3n) is 4.75. The molecule has 136 valence electrons. The number of carbonyl (C=O) groups excluding carboxylic acids is 1. The van der Waals surface area contributed by atoms with Gasteiger partial charge in [-0.3, -0.25) is 0 Å². The zero-order valence-corrected chi connectivity index (χ0v) is 15.6. The second-order valence-corrected chi connectivity index (χ2v) is 7.07. The van der Waals surface area contributed by atoms with Gasteiger partial charge in [-0.2, -0.15) is 0 Å². The zero-order chi connectivity index (χ0) is 18.7. The van der Waals surface area contributed by atoms with E-state index in [0.717, 1.165) is 5.47 Å². The third kappa shape index (κ3) is 4.22. The molecule has 2 N–H and O–H groups in total. The number of dihydropyridines is 1. The van der Waals surface area contributed by atoms with Crippen LogP contribution in [0, 0.1) is 5.41 Å². The van der Waals surface area contributed by atoms with Crippen molar-refractivity contribution in [2.75, 3.05) is 6.61 Å². The number of rotatable bonds is 6. The molecule has 1 saturated heterocycles. The Balaban J connectivity index is 2.16. The highest BCUT2D eigenvalue weighted by molar-refractivity contribution is 6.55. The average molecular weight is 346 g/mol. The molecule has 2 rings (SSSR count). The maximum atomic E-state index is 12.2. The molecule has 2 aliphatic rings. The third-order valence-corrected chi connectivity index (χ3v) is 4.75. The highest BCUT2D eigenvalue weighted by atomic mass is 16.7. The molecule has 0 spiro atoms. The molecule has 0 atom stereocenters. The molecule has 0 radical (unpaired) electrons. The van der Waals surface area contributed by atoms with Gasteiger partial charge in [-0.1, -0.05) is 6.08 Å². The Hall–Kier alpha value is -1.86. The Morgan fingerprint density at radius 3 is 2.40 bits per heavy atom. The number of esters is 1. The van der Waals surface area contributed by atoms with Crippen LogP contribution in [0.2, 0.25) is 0 Å². The van der Waals surface area contributed by atoms with E-state index in [-0.39, 0.29) is 5.97 Å². The summed E-state index contributed by atoms with van der Waals surface area (Å²) in [6, 6.07) is 0. The summed E-state index contributed by atoms with van der Waals surface area (Å²) in [5, 5.41) is 10.3. The molecule has 0 aliphatic carbocycles. The van der Waals surface area contributed by atoms with Crippen LogP contribution in [0.1, 0.15) is 47.5 Å². The molecule has 0 aromatic heterocycles. The summed E-state index contributed by atoms with van der Waals surface area (Å²) in [5.41, 5.74) is 1.27. The van der Waals surface area contributed by atoms with Gasteiger partial charge in [0.25, 0.3) is 0 Å². The number of hydrogen-bond acceptors (Lipinski definition) is 6. The molecule has 1 fully saturated rings. The molecular weight excluding hydrogens is 319 g/mol. The Labute approximate surface area is 149 Å². The van der Waals surface area contributed by atoms with E-state index < -0.39 is 18.3 Å². The van der Waals surface area contributed by atoms with Crippen LogP contribution < -0.4 is 5.32 Å². The highest BCUT2D eigenvalue weighted by Gasteiger charge is 2.52. The van der Waals surface area contributed by atoms with Crippen molar-refractivity contribution < 1.29 is 18.8 Å². The van der Waals surface area contributed by atoms with Gasteiger partial charge in [-0.15, -0.1) is 0 Å². The molecule has 6 nitrogen and oxygen atoms in total. The van der Waals surface area contributed by atoms with Gasteiger partial charge in [0, 0.05) is 11.9 Å². The first kappa shape index (κ1) is 19.5. The van der Waals surface area contributed by atoms with Crippen molar-refractivity contribution in [3.05, 3.63) is 35.1 Å². The fourth-order valence-electron chi connectivity index (χ4n) is 2.53. The van der Waals surface area contributed by atoms with E-state index in [9.17, 15) is 4.79 Å². The Morgan fingerprint density at radius 1 is 1.28 bits per heavy atom. The van der Waals surface area contributed by atoms with Crippen molar-refractivity contribution in [2.45, 2.75) is 58.7 Å². The van der Waals surface area contributed by atoms with Gasteiger partial charge >= 0.3 is 13.1 Å². The number of ether oxygens (including phenoxy) is 1. The van der Waals surface area contributed by atoms with Gasteiger partial charge in [0.1, 0.15) is 0 Å². The maximum Gasteiger partial charge on any atom is 0.496 e. The second kappa shape index (κ2) is 7.58. The molecule has 0 aromatic carbocycles. The van der Waals surface area contributed by atoms with E-state index in [2.05, 4.69) is 5.32 Å². The summed E-state index contributed by atoms with van der Waals surface area (Å²) in [6.45, 7) is 10.1. The highest BCUT2D eigenvalue weighted by Crippen LogP contribution is 2.39. The maximum absolute atomic E-state index is 12.2. The van der Waals surface area contributed by atoms with Crippen molar-refractivity contribution in [1.82, 2.24) is 5.32 Å². The molecule has 0 bridgehead atoms. The van der Waals surface area contributed by atoms with E-state index in [1.54, 1.807) is 13.1 Å². The summed E-state index contributed by atoms with van der Waals surface area (Å²) >= 11 is 0. The predicted molar refractivity (Wildman–Crippen MR) is 98.1 cm³/mol. The molecule has 25 heavy (non-hydrogen) atoms. The lowest BCUT2D eigenvalue weighted by molar-refractivity contribution is -0.138. The lowest BCUT2D eigenvalue weighted by Crippen LogP contribution is -2.41. The fourth-order valence-corrected chi connectivity index (χ4v) is 2.53. The Morgan fingerprint density at radius 2 is 1.92 bits per heavy atom. The number of allylic oxidation sites excluding steroid dienone is 3. The average Bonchev–Trinajstić information content (AvgIpc) is 2.77. The first-order valence-corrected chi connectivity index (χ1v) is 8.61. The molecule has 0 unspecified atom stereocenters. The standard InChI is InChI=1S/C18H27BN2O4/c1-6-23-16(22)14(8-7-11-20)15-10-9-13(12-21-15)19-24-17(2,3)18(4,5)25-19/h9-12,20-21H,6-8H2,1-5H3/b15-14+,20-11?. The lowest BCUT2D eigenvalue weighted by Gasteiger charge is -2.32. The topological polar surface area (TPSA) is 80.6 Å². The molecule has 2 heterocycles. The number of nitrogens with one attached hydrogen (secondary N) is 2. The molecule has 0 amide bonds. The van der Waals surface area contributed by atoms with Crippen molar-refractivity contribution in [3.8, 4) is 0 Å². The van der Waals surface area contributed by atoms with Crippen LogP contribution in [-0.4, -0.2) is 37.1 Å². The van der Waals surface area contributed by atoms with E-state index >= 15 is 0 Å². The van der Waals surface area contributed by atoms with Crippen LogP contribution in [-0.2, 0) is 18.8 Å². The lowest BCUT2D eigenvalue weighted by atomic mass is 9.77. The van der Waals surface area contributed by atoms with Crippen LogP contribution in [0.5, 0.6) is 0 Å². The summed E-state index contributed by atoms with van der Waals surface area (Å²) in [7, 11) is -0.456. The Bertz CT molecular complexity index is 619.